The second kappa shape index (κ2) is 10.6. The standard InChI is InChI=1S/C17H25ClN4O4/c1-5-19-17(25)11(2)20-15(23)9-22(3)10-16(24)21-13-8-12(18)6-7-14(13)26-4/h6-8,11H,5,9-10H2,1-4H3,(H,19,25)(H,20,23)(H,21,24)/t11-/m0/s1. The fourth-order valence-corrected chi connectivity index (χ4v) is 2.37. The Bertz CT molecular complexity index is 654. The number of likely N-dealkylation sites (N-methyl/N-ethyl adjacent to an activating group) is 2. The summed E-state index contributed by atoms with van der Waals surface area (Å²) in [5.74, 6) is -0.440. The Kier molecular flexibility index (Phi) is 8.87. The molecule has 1 rings (SSSR count). The smallest absolute Gasteiger partial charge is 0.242 e. The topological polar surface area (TPSA) is 99.8 Å². The molecule has 0 fully saturated rings. The van der Waals surface area contributed by atoms with Gasteiger partial charge in [-0.25, -0.2) is 0 Å². The summed E-state index contributed by atoms with van der Waals surface area (Å²) < 4.78 is 5.17. The zero-order valence-electron chi connectivity index (χ0n) is 15.4. The molecule has 3 amide bonds. The normalized spacial score (nSPS) is 11.6. The van der Waals surface area contributed by atoms with Crippen LogP contribution in [0.2, 0.25) is 5.02 Å². The van der Waals surface area contributed by atoms with E-state index in [1.54, 1.807) is 39.1 Å². The van der Waals surface area contributed by atoms with Gasteiger partial charge in [0, 0.05) is 11.6 Å². The van der Waals surface area contributed by atoms with E-state index in [4.69, 9.17) is 16.3 Å². The fourth-order valence-electron chi connectivity index (χ4n) is 2.19. The number of anilines is 1. The number of carbonyl (C=O) groups excluding carboxylic acids is 3. The van der Waals surface area contributed by atoms with Crippen molar-refractivity contribution in [1.82, 2.24) is 15.5 Å². The number of methoxy groups -OCH3 is 1. The van der Waals surface area contributed by atoms with Crippen LogP contribution in [-0.2, 0) is 14.4 Å². The molecule has 9 heteroatoms. The Morgan fingerprint density at radius 2 is 1.88 bits per heavy atom. The van der Waals surface area contributed by atoms with Gasteiger partial charge in [-0.1, -0.05) is 11.6 Å². The van der Waals surface area contributed by atoms with Gasteiger partial charge in [-0.3, -0.25) is 19.3 Å². The van der Waals surface area contributed by atoms with Crippen LogP contribution in [0.1, 0.15) is 13.8 Å². The molecule has 0 unspecified atom stereocenters. The van der Waals surface area contributed by atoms with E-state index in [-0.39, 0.29) is 30.8 Å². The van der Waals surface area contributed by atoms with E-state index in [9.17, 15) is 14.4 Å². The monoisotopic (exact) mass is 384 g/mol. The minimum atomic E-state index is -0.639. The second-order valence-corrected chi connectivity index (χ2v) is 6.19. The molecule has 0 saturated heterocycles. The molecule has 26 heavy (non-hydrogen) atoms. The van der Waals surface area contributed by atoms with Gasteiger partial charge < -0.3 is 20.7 Å². The van der Waals surface area contributed by atoms with Crippen LogP contribution in [0.5, 0.6) is 5.75 Å². The van der Waals surface area contributed by atoms with Crippen LogP contribution < -0.4 is 20.7 Å². The molecule has 0 aliphatic heterocycles. The van der Waals surface area contributed by atoms with E-state index >= 15 is 0 Å². The number of hydrogen-bond acceptors (Lipinski definition) is 5. The molecule has 0 radical (unpaired) electrons. The number of hydrogen-bond donors (Lipinski definition) is 3. The summed E-state index contributed by atoms with van der Waals surface area (Å²) in [7, 11) is 3.12. The maximum Gasteiger partial charge on any atom is 0.242 e. The molecule has 0 aliphatic rings. The Hall–Kier alpha value is -2.32. The summed E-state index contributed by atoms with van der Waals surface area (Å²) in [4.78, 5) is 37.2. The van der Waals surface area contributed by atoms with Gasteiger partial charge in [0.1, 0.15) is 11.8 Å². The molecule has 1 aromatic carbocycles. The van der Waals surface area contributed by atoms with Crippen molar-refractivity contribution in [1.29, 1.82) is 0 Å². The van der Waals surface area contributed by atoms with Crippen molar-refractivity contribution in [3.63, 3.8) is 0 Å². The first-order valence-corrected chi connectivity index (χ1v) is 8.53. The summed E-state index contributed by atoms with van der Waals surface area (Å²) in [5.41, 5.74) is 0.452. The van der Waals surface area contributed by atoms with E-state index < -0.39 is 6.04 Å². The number of amides is 3. The van der Waals surface area contributed by atoms with Crippen LogP contribution in [0.25, 0.3) is 0 Å². The molecule has 0 aromatic heterocycles. The summed E-state index contributed by atoms with van der Waals surface area (Å²) in [6.45, 7) is 3.85. The van der Waals surface area contributed by atoms with Gasteiger partial charge in [0.25, 0.3) is 0 Å². The summed E-state index contributed by atoms with van der Waals surface area (Å²) >= 11 is 5.93. The fraction of sp³-hybridized carbons (Fsp3) is 0.471. The van der Waals surface area contributed by atoms with Crippen LogP contribution in [0, 0.1) is 0 Å². The molecule has 0 spiro atoms. The maximum absolute atomic E-state index is 12.2. The molecular weight excluding hydrogens is 360 g/mol. The third kappa shape index (κ3) is 7.28. The number of nitrogens with one attached hydrogen (secondary N) is 3. The first-order chi connectivity index (χ1) is 12.3. The molecule has 8 nitrogen and oxygen atoms in total. The van der Waals surface area contributed by atoms with Gasteiger partial charge in [-0.2, -0.15) is 0 Å². The molecule has 144 valence electrons. The lowest BCUT2D eigenvalue weighted by Gasteiger charge is -2.18. The van der Waals surface area contributed by atoms with Crippen molar-refractivity contribution in [3.8, 4) is 5.75 Å². The van der Waals surface area contributed by atoms with Crippen molar-refractivity contribution in [2.24, 2.45) is 0 Å². The Labute approximate surface area is 158 Å². The van der Waals surface area contributed by atoms with Crippen LogP contribution in [0.4, 0.5) is 5.69 Å². The van der Waals surface area contributed by atoms with Crippen LogP contribution in [0.15, 0.2) is 18.2 Å². The van der Waals surface area contributed by atoms with Crippen molar-refractivity contribution in [2.45, 2.75) is 19.9 Å². The third-order valence-electron chi connectivity index (χ3n) is 3.38. The average Bonchev–Trinajstić information content (AvgIpc) is 2.54. The lowest BCUT2D eigenvalue weighted by atomic mass is 10.3. The van der Waals surface area contributed by atoms with Gasteiger partial charge in [0.2, 0.25) is 17.7 Å². The van der Waals surface area contributed by atoms with Gasteiger partial charge in [-0.05, 0) is 39.1 Å². The predicted octanol–water partition coefficient (Wildman–Crippen LogP) is 0.860. The molecule has 0 heterocycles. The van der Waals surface area contributed by atoms with Crippen LogP contribution in [-0.4, -0.2) is 62.5 Å². The average molecular weight is 385 g/mol. The number of rotatable bonds is 9. The Balaban J connectivity index is 2.51. The van der Waals surface area contributed by atoms with Crippen molar-refractivity contribution in [2.75, 3.05) is 39.1 Å². The minimum absolute atomic E-state index is 0.0153. The quantitative estimate of drug-likeness (QED) is 0.586. The Morgan fingerprint density at radius 1 is 1.23 bits per heavy atom. The van der Waals surface area contributed by atoms with E-state index in [0.29, 0.717) is 23.0 Å². The number of ether oxygens (including phenoxy) is 1. The Morgan fingerprint density at radius 3 is 2.50 bits per heavy atom. The minimum Gasteiger partial charge on any atom is -0.495 e. The highest BCUT2D eigenvalue weighted by Gasteiger charge is 2.17. The van der Waals surface area contributed by atoms with Gasteiger partial charge >= 0.3 is 0 Å². The number of nitrogens with zero attached hydrogens (tertiary/aromatic N) is 1. The highest BCUT2D eigenvalue weighted by Crippen LogP contribution is 2.27. The summed E-state index contributed by atoms with van der Waals surface area (Å²) in [6, 6.07) is 4.25. The van der Waals surface area contributed by atoms with E-state index in [2.05, 4.69) is 16.0 Å². The van der Waals surface area contributed by atoms with Crippen LogP contribution >= 0.6 is 11.6 Å². The van der Waals surface area contributed by atoms with Crippen molar-refractivity contribution >= 4 is 35.0 Å². The highest BCUT2D eigenvalue weighted by atomic mass is 35.5. The van der Waals surface area contributed by atoms with E-state index in [1.807, 2.05) is 0 Å². The van der Waals surface area contributed by atoms with Crippen LogP contribution in [0.3, 0.4) is 0 Å². The van der Waals surface area contributed by atoms with Crippen molar-refractivity contribution < 1.29 is 19.1 Å². The first kappa shape index (κ1) is 21.7. The SMILES string of the molecule is CCNC(=O)[C@H](C)NC(=O)CN(C)CC(=O)Nc1cc(Cl)ccc1OC. The maximum atomic E-state index is 12.2. The molecule has 1 atom stereocenters. The van der Waals surface area contributed by atoms with Gasteiger partial charge in [0.05, 0.1) is 25.9 Å². The molecule has 1 aromatic rings. The zero-order chi connectivity index (χ0) is 19.7. The first-order valence-electron chi connectivity index (χ1n) is 8.15. The molecular formula is C17H25ClN4O4. The van der Waals surface area contributed by atoms with E-state index in [1.165, 1.54) is 12.0 Å². The molecule has 0 saturated carbocycles. The van der Waals surface area contributed by atoms with Gasteiger partial charge in [-0.15, -0.1) is 0 Å². The van der Waals surface area contributed by atoms with Crippen molar-refractivity contribution in [3.05, 3.63) is 23.2 Å². The molecule has 0 aliphatic carbocycles. The third-order valence-corrected chi connectivity index (χ3v) is 3.62. The number of carbonyl (C=O) groups is 3. The predicted molar refractivity (Wildman–Crippen MR) is 100 cm³/mol. The molecule has 3 N–H and O–H groups in total. The number of benzene rings is 1. The number of halogens is 1. The lowest BCUT2D eigenvalue weighted by molar-refractivity contribution is -0.129. The largest absolute Gasteiger partial charge is 0.495 e. The summed E-state index contributed by atoms with van der Waals surface area (Å²) in [6.07, 6.45) is 0. The molecule has 0 bridgehead atoms. The zero-order valence-corrected chi connectivity index (χ0v) is 16.1. The highest BCUT2D eigenvalue weighted by molar-refractivity contribution is 6.31. The second-order valence-electron chi connectivity index (χ2n) is 5.75. The van der Waals surface area contributed by atoms with E-state index in [0.717, 1.165) is 0 Å². The van der Waals surface area contributed by atoms with Gasteiger partial charge in [0.15, 0.2) is 0 Å². The lowest BCUT2D eigenvalue weighted by Crippen LogP contribution is -2.48. The summed E-state index contributed by atoms with van der Waals surface area (Å²) in [5, 5.41) is 8.37.